The van der Waals surface area contributed by atoms with Crippen molar-refractivity contribution in [1.82, 2.24) is 0 Å². The number of Topliss-reactive ketones (excluding diaryl/α,β-unsaturated/α-hetero) is 1. The van der Waals surface area contributed by atoms with E-state index in [0.717, 1.165) is 6.42 Å². The van der Waals surface area contributed by atoms with E-state index in [1.807, 2.05) is 13.8 Å². The predicted molar refractivity (Wildman–Crippen MR) is 107 cm³/mol. The summed E-state index contributed by atoms with van der Waals surface area (Å²) in [4.78, 5) is 11.8. The second kappa shape index (κ2) is 9.21. The maximum Gasteiger partial charge on any atom is 0.275 e. The Morgan fingerprint density at radius 1 is 0.929 bits per heavy atom. The Morgan fingerprint density at radius 3 is 1.79 bits per heavy atom. The third-order valence-electron chi connectivity index (χ3n) is 7.99. The molecule has 4 fully saturated rings. The van der Waals surface area contributed by atoms with Gasteiger partial charge in [0.25, 0.3) is 21.2 Å². The molecule has 0 aromatic rings. The summed E-state index contributed by atoms with van der Waals surface area (Å²) in [6.07, 6.45) is 17.6. The fraction of sp³-hybridized carbons (Fsp3) is 0.955. The minimum atomic E-state index is -4.33. The van der Waals surface area contributed by atoms with Crippen molar-refractivity contribution in [1.29, 1.82) is 0 Å². The molecule has 4 aliphatic carbocycles. The van der Waals surface area contributed by atoms with Gasteiger partial charge in [-0.3, -0.25) is 4.79 Å². The third kappa shape index (κ3) is 5.13. The molecule has 28 heavy (non-hydrogen) atoms. The molecule has 4 saturated carbocycles. The molecule has 4 nitrogen and oxygen atoms in total. The van der Waals surface area contributed by atoms with Crippen molar-refractivity contribution in [3.05, 3.63) is 0 Å². The predicted octanol–water partition coefficient (Wildman–Crippen LogP) is 1.67. The molecule has 0 N–H and O–H groups in total. The van der Waals surface area contributed by atoms with Crippen molar-refractivity contribution in [3.8, 4) is 0 Å². The van der Waals surface area contributed by atoms with Gasteiger partial charge in [0, 0.05) is 11.8 Å². The smallest absolute Gasteiger partial charge is 0.275 e. The van der Waals surface area contributed by atoms with Gasteiger partial charge in [0.2, 0.25) is 0 Å². The molecule has 0 radical (unpaired) electrons. The molecule has 2 bridgehead atoms. The summed E-state index contributed by atoms with van der Waals surface area (Å²) in [5.41, 5.74) is -1.22. The molecule has 0 aromatic carbocycles. The molecule has 0 aliphatic heterocycles. The zero-order chi connectivity index (χ0) is 20.4. The average molecular weight is 525 g/mol. The van der Waals surface area contributed by atoms with Crippen LogP contribution in [0.1, 0.15) is 97.3 Å². The molecule has 0 saturated heterocycles. The fourth-order valence-electron chi connectivity index (χ4n) is 6.02. The summed E-state index contributed by atoms with van der Waals surface area (Å²) in [7, 11) is -4.33. The van der Waals surface area contributed by atoms with E-state index in [1.165, 1.54) is 20.7 Å². The highest BCUT2D eigenvalue weighted by atomic mass is 127. The summed E-state index contributed by atoms with van der Waals surface area (Å²) in [6, 6.07) is 0. The van der Waals surface area contributed by atoms with Gasteiger partial charge in [-0.25, -0.2) is 8.42 Å². The Morgan fingerprint density at radius 2 is 1.43 bits per heavy atom. The normalized spacial score (nSPS) is 33.5. The largest absolute Gasteiger partial charge is 0.748 e. The van der Waals surface area contributed by atoms with Crippen LogP contribution in [0.25, 0.3) is 0 Å². The van der Waals surface area contributed by atoms with E-state index in [-0.39, 0.29) is 17.1 Å². The van der Waals surface area contributed by atoms with E-state index in [1.54, 1.807) is 51.4 Å². The van der Waals surface area contributed by atoms with Crippen molar-refractivity contribution in [2.75, 3.05) is 5.75 Å². The summed E-state index contributed by atoms with van der Waals surface area (Å²) >= 11 is 0.583. The lowest BCUT2D eigenvalue weighted by Gasteiger charge is -2.37. The van der Waals surface area contributed by atoms with Crippen LogP contribution in [0.2, 0.25) is 0 Å². The van der Waals surface area contributed by atoms with Gasteiger partial charge in [0.15, 0.2) is 7.85 Å². The van der Waals surface area contributed by atoms with E-state index >= 15 is 0 Å². The Kier molecular flexibility index (Phi) is 7.56. The van der Waals surface area contributed by atoms with Gasteiger partial charge in [-0.05, 0) is 75.5 Å². The molecule has 4 rings (SSSR count). The highest BCUT2D eigenvalue weighted by molar-refractivity contribution is 7.85. The van der Waals surface area contributed by atoms with E-state index in [4.69, 9.17) is 0 Å². The first-order chi connectivity index (χ1) is 13.1. The molecule has 2 unspecified atom stereocenters. The van der Waals surface area contributed by atoms with Crippen molar-refractivity contribution in [2.24, 2.45) is 16.7 Å². The van der Waals surface area contributed by atoms with Crippen LogP contribution in [0.5, 0.6) is 0 Å². The van der Waals surface area contributed by atoms with Gasteiger partial charge in [0.05, 0.1) is 15.9 Å². The zero-order valence-electron chi connectivity index (χ0n) is 17.6. The summed E-state index contributed by atoms with van der Waals surface area (Å²) in [5, 5.41) is 0. The molecule has 4 aliphatic rings. The SMILES string of the molecule is C1CCC([I+]C2CCCCC2)CC1.CC1(C)C2CCC1(CS(=O)(=O)[O-])C(=O)C2. The van der Waals surface area contributed by atoms with Gasteiger partial charge in [-0.2, -0.15) is 0 Å². The lowest BCUT2D eigenvalue weighted by Crippen LogP contribution is -3.68. The molecule has 2 atom stereocenters. The highest BCUT2D eigenvalue weighted by Crippen LogP contribution is 2.64. The van der Waals surface area contributed by atoms with Crippen molar-refractivity contribution in [3.63, 3.8) is 0 Å². The molecule has 162 valence electrons. The first-order valence-corrected chi connectivity index (χ1v) is 15.3. The van der Waals surface area contributed by atoms with Crippen molar-refractivity contribution < 1.29 is 39.0 Å². The van der Waals surface area contributed by atoms with Crippen LogP contribution in [-0.4, -0.2) is 32.4 Å². The average Bonchev–Trinajstić information content (AvgIpc) is 2.97. The number of ketones is 1. The highest BCUT2D eigenvalue weighted by Gasteiger charge is 2.64. The number of halogens is 1. The van der Waals surface area contributed by atoms with Gasteiger partial charge in [-0.15, -0.1) is 0 Å². The number of carbonyl (C=O) groups is 1. The van der Waals surface area contributed by atoms with Gasteiger partial charge < -0.3 is 4.55 Å². The second-order valence-corrected chi connectivity index (χ2v) is 15.6. The Hall–Kier alpha value is 0.310. The number of fused-ring (bicyclic) bond motifs is 2. The van der Waals surface area contributed by atoms with Crippen LogP contribution < -0.4 is 21.2 Å². The lowest BCUT2D eigenvalue weighted by atomic mass is 9.70. The molecule has 6 heteroatoms. The summed E-state index contributed by atoms with van der Waals surface area (Å²) in [6.45, 7) is 3.83. The molecule has 0 aromatic heterocycles. The monoisotopic (exact) mass is 524 g/mol. The van der Waals surface area contributed by atoms with Crippen LogP contribution in [-0.2, 0) is 14.9 Å². The zero-order valence-corrected chi connectivity index (χ0v) is 20.5. The van der Waals surface area contributed by atoms with E-state index < -0.39 is 21.3 Å². The first kappa shape index (κ1) is 23.0. The third-order valence-corrected chi connectivity index (χ3v) is 13.4. The van der Waals surface area contributed by atoms with Crippen LogP contribution in [0.3, 0.4) is 0 Å². The van der Waals surface area contributed by atoms with Crippen LogP contribution in [0.4, 0.5) is 0 Å². The van der Waals surface area contributed by atoms with Gasteiger partial charge >= 0.3 is 0 Å². The fourth-order valence-corrected chi connectivity index (χ4v) is 11.9. The maximum absolute atomic E-state index is 11.8. The van der Waals surface area contributed by atoms with Crippen LogP contribution in [0, 0.1) is 16.7 Å². The van der Waals surface area contributed by atoms with Crippen molar-refractivity contribution in [2.45, 2.75) is 105 Å². The van der Waals surface area contributed by atoms with Crippen LogP contribution >= 0.6 is 0 Å². The number of alkyl halides is 2. The van der Waals surface area contributed by atoms with Crippen LogP contribution in [0.15, 0.2) is 0 Å². The maximum atomic E-state index is 11.8. The van der Waals surface area contributed by atoms with E-state index in [0.29, 0.717) is 34.0 Å². The standard InChI is InChI=1S/C12H22I.C10H16O4S/c1-3-7-11(8-4-1)13-12-9-5-2-6-10-12;1-9(2)7-3-4-10(9,8(11)5-7)6-15(12,13)14/h11-12H,1-10H2;7H,3-6H2,1-2H3,(H,12,13,14)/q+1;/p-1. The quantitative estimate of drug-likeness (QED) is 0.319. The number of hydrogen-bond donors (Lipinski definition) is 0. The molecular weight excluding hydrogens is 487 g/mol. The molecule has 0 heterocycles. The van der Waals surface area contributed by atoms with Gasteiger partial charge in [-0.1, -0.05) is 26.7 Å². The van der Waals surface area contributed by atoms with Gasteiger partial charge in [0.1, 0.15) is 5.78 Å². The topological polar surface area (TPSA) is 74.3 Å². The lowest BCUT2D eigenvalue weighted by molar-refractivity contribution is -0.725. The second-order valence-electron chi connectivity index (χ2n) is 9.97. The Labute approximate surface area is 182 Å². The summed E-state index contributed by atoms with van der Waals surface area (Å²) in [5.74, 6) is -0.280. The number of carbonyl (C=O) groups excluding carboxylic acids is 1. The molecule has 0 spiro atoms. The number of hydrogen-bond acceptors (Lipinski definition) is 4. The number of rotatable bonds is 4. The summed E-state index contributed by atoms with van der Waals surface area (Å²) < 4.78 is 35.2. The van der Waals surface area contributed by atoms with E-state index in [9.17, 15) is 17.8 Å². The van der Waals surface area contributed by atoms with E-state index in [2.05, 4.69) is 0 Å². The molecule has 0 amide bonds. The first-order valence-electron chi connectivity index (χ1n) is 11.2. The minimum Gasteiger partial charge on any atom is -0.748 e. The Balaban J connectivity index is 0.000000162. The molecular formula is C22H37IO4S. The Bertz CT molecular complexity index is 631. The minimum absolute atomic E-state index is 0.0248. The van der Waals surface area contributed by atoms with Crippen molar-refractivity contribution >= 4 is 15.9 Å².